The van der Waals surface area contributed by atoms with Gasteiger partial charge in [0.25, 0.3) is 0 Å². The summed E-state index contributed by atoms with van der Waals surface area (Å²) in [6.45, 7) is 1.83. The first kappa shape index (κ1) is 13.0. The molecule has 2 N–H and O–H groups in total. The minimum absolute atomic E-state index is 0.322. The molecule has 0 bridgehead atoms. The fourth-order valence-electron chi connectivity index (χ4n) is 0.677. The van der Waals surface area contributed by atoms with Crippen LogP contribution in [-0.4, -0.2) is 16.2 Å². The number of allylic oxidation sites excluding steroid dienone is 3. The Hall–Kier alpha value is -2.03. The molecule has 1 aromatic rings. The van der Waals surface area contributed by atoms with Gasteiger partial charge >= 0.3 is 5.97 Å². The van der Waals surface area contributed by atoms with Gasteiger partial charge in [-0.25, -0.2) is 4.79 Å². The molecule has 0 radical (unpaired) electrons. The second kappa shape index (κ2) is 8.56. The Bertz CT molecular complexity index is 326. The number of rotatable bonds is 2. The quantitative estimate of drug-likeness (QED) is 0.577. The van der Waals surface area contributed by atoms with Crippen molar-refractivity contribution in [2.45, 2.75) is 6.92 Å². The van der Waals surface area contributed by atoms with E-state index in [0.717, 1.165) is 6.08 Å². The van der Waals surface area contributed by atoms with Gasteiger partial charge < -0.3 is 10.2 Å². The van der Waals surface area contributed by atoms with Crippen molar-refractivity contribution in [1.29, 1.82) is 0 Å². The summed E-state index contributed by atoms with van der Waals surface area (Å²) in [6, 6.07) is 8.71. The van der Waals surface area contributed by atoms with Gasteiger partial charge in [0.2, 0.25) is 0 Å². The van der Waals surface area contributed by atoms with Crippen LogP contribution in [0.3, 0.4) is 0 Å². The maximum absolute atomic E-state index is 9.75. The zero-order chi connectivity index (χ0) is 11.5. The highest BCUT2D eigenvalue weighted by atomic mass is 16.4. The largest absolute Gasteiger partial charge is 0.508 e. The Balaban J connectivity index is 0.000000262. The molecule has 0 aliphatic rings. The molecule has 3 nitrogen and oxygen atoms in total. The van der Waals surface area contributed by atoms with E-state index < -0.39 is 5.97 Å². The number of carbonyl (C=O) groups is 1. The average Bonchev–Trinajstić information content (AvgIpc) is 2.20. The van der Waals surface area contributed by atoms with Crippen LogP contribution in [0.25, 0.3) is 0 Å². The fraction of sp³-hybridized carbons (Fsp3) is 0.0833. The number of carboxylic acids is 1. The molecule has 0 spiro atoms. The molecule has 0 saturated carbocycles. The molecule has 80 valence electrons. The highest BCUT2D eigenvalue weighted by Crippen LogP contribution is 2.02. The Morgan fingerprint density at radius 2 is 1.80 bits per heavy atom. The van der Waals surface area contributed by atoms with E-state index in [4.69, 9.17) is 10.2 Å². The van der Waals surface area contributed by atoms with Gasteiger partial charge in [-0.2, -0.15) is 0 Å². The van der Waals surface area contributed by atoms with Crippen LogP contribution in [0.2, 0.25) is 0 Å². The number of aliphatic carboxylic acids is 1. The van der Waals surface area contributed by atoms with Gasteiger partial charge in [0, 0.05) is 6.08 Å². The maximum Gasteiger partial charge on any atom is 0.328 e. The van der Waals surface area contributed by atoms with Crippen molar-refractivity contribution >= 4 is 5.97 Å². The molecule has 0 unspecified atom stereocenters. The number of carboxylic acid groups (broad SMARTS) is 1. The van der Waals surface area contributed by atoms with E-state index in [2.05, 4.69) is 0 Å². The highest BCUT2D eigenvalue weighted by molar-refractivity contribution is 5.80. The number of phenols is 1. The molecule has 0 aliphatic heterocycles. The molecule has 0 fully saturated rings. The summed E-state index contributed by atoms with van der Waals surface area (Å²) >= 11 is 0. The van der Waals surface area contributed by atoms with E-state index in [-0.39, 0.29) is 0 Å². The van der Waals surface area contributed by atoms with Gasteiger partial charge in [-0.15, -0.1) is 0 Å². The van der Waals surface area contributed by atoms with E-state index in [1.807, 2.05) is 13.0 Å². The summed E-state index contributed by atoms with van der Waals surface area (Å²) in [5, 5.41) is 16.7. The third-order valence-electron chi connectivity index (χ3n) is 1.30. The Kier molecular flexibility index (Phi) is 7.40. The van der Waals surface area contributed by atoms with Crippen molar-refractivity contribution in [1.82, 2.24) is 0 Å². The van der Waals surface area contributed by atoms with Crippen molar-refractivity contribution in [3.05, 3.63) is 54.6 Å². The molecular formula is C12H14O3. The van der Waals surface area contributed by atoms with Crippen LogP contribution >= 0.6 is 0 Å². The van der Waals surface area contributed by atoms with Gasteiger partial charge in [-0.05, 0) is 19.1 Å². The van der Waals surface area contributed by atoms with Crippen molar-refractivity contribution in [3.63, 3.8) is 0 Å². The molecule has 0 amide bonds. The third-order valence-corrected chi connectivity index (χ3v) is 1.30. The lowest BCUT2D eigenvalue weighted by Crippen LogP contribution is -1.83. The highest BCUT2D eigenvalue weighted by Gasteiger charge is 1.78. The smallest absolute Gasteiger partial charge is 0.328 e. The number of hydrogen-bond donors (Lipinski definition) is 2. The monoisotopic (exact) mass is 206 g/mol. The standard InChI is InChI=1S/C6H8O2.C6H6O/c1-2-3-4-5-6(7)8;7-6-4-2-1-3-5-6/h2-5H,1H3,(H,7,8);1-5,7H. The first-order valence-electron chi connectivity index (χ1n) is 4.43. The Morgan fingerprint density at radius 1 is 1.20 bits per heavy atom. The van der Waals surface area contributed by atoms with E-state index >= 15 is 0 Å². The minimum Gasteiger partial charge on any atom is -0.508 e. The SMILES string of the molecule is CC=CC=CC(=O)O.Oc1ccccc1. The fourth-order valence-corrected chi connectivity index (χ4v) is 0.677. The summed E-state index contributed by atoms with van der Waals surface area (Å²) in [7, 11) is 0. The molecule has 0 saturated heterocycles. The number of aromatic hydroxyl groups is 1. The second-order valence-corrected chi connectivity index (χ2v) is 2.56. The normalized spacial score (nSPS) is 9.93. The molecule has 0 atom stereocenters. The van der Waals surface area contributed by atoms with Gasteiger partial charge in [-0.3, -0.25) is 0 Å². The molecular weight excluding hydrogens is 192 g/mol. The first-order valence-corrected chi connectivity index (χ1v) is 4.43. The average molecular weight is 206 g/mol. The summed E-state index contributed by atoms with van der Waals surface area (Å²) in [5.74, 6) is -0.592. The van der Waals surface area contributed by atoms with Gasteiger partial charge in [0.1, 0.15) is 5.75 Å². The lowest BCUT2D eigenvalue weighted by atomic mass is 10.3. The molecule has 3 heteroatoms. The molecule has 0 aliphatic carbocycles. The predicted octanol–water partition coefficient (Wildman–Crippen LogP) is 2.60. The number of hydrogen-bond acceptors (Lipinski definition) is 2. The predicted molar refractivity (Wildman–Crippen MR) is 59.7 cm³/mol. The number of benzene rings is 1. The van der Waals surface area contributed by atoms with Crippen LogP contribution in [0.5, 0.6) is 5.75 Å². The molecule has 1 aromatic carbocycles. The van der Waals surface area contributed by atoms with Crippen molar-refractivity contribution in [3.8, 4) is 5.75 Å². The second-order valence-electron chi connectivity index (χ2n) is 2.56. The number of phenolic OH excluding ortho intramolecular Hbond substituents is 1. The summed E-state index contributed by atoms with van der Waals surface area (Å²) in [5.41, 5.74) is 0. The lowest BCUT2D eigenvalue weighted by Gasteiger charge is -1.82. The van der Waals surface area contributed by atoms with E-state index in [0.29, 0.717) is 5.75 Å². The maximum atomic E-state index is 9.75. The van der Waals surface area contributed by atoms with E-state index in [1.54, 1.807) is 36.4 Å². The van der Waals surface area contributed by atoms with Crippen LogP contribution in [-0.2, 0) is 4.79 Å². The van der Waals surface area contributed by atoms with E-state index in [9.17, 15) is 4.79 Å². The Labute approximate surface area is 89.0 Å². The summed E-state index contributed by atoms with van der Waals surface area (Å²) in [6.07, 6.45) is 5.98. The topological polar surface area (TPSA) is 57.5 Å². The molecule has 1 rings (SSSR count). The van der Waals surface area contributed by atoms with E-state index in [1.165, 1.54) is 6.08 Å². The van der Waals surface area contributed by atoms with Crippen LogP contribution in [0.1, 0.15) is 6.92 Å². The molecule has 15 heavy (non-hydrogen) atoms. The summed E-state index contributed by atoms with van der Waals surface area (Å²) in [4.78, 5) is 9.75. The third kappa shape index (κ3) is 9.89. The Morgan fingerprint density at radius 3 is 2.13 bits per heavy atom. The minimum atomic E-state index is -0.914. The number of para-hydroxylation sites is 1. The van der Waals surface area contributed by atoms with Crippen molar-refractivity contribution < 1.29 is 15.0 Å². The zero-order valence-corrected chi connectivity index (χ0v) is 8.50. The van der Waals surface area contributed by atoms with Crippen molar-refractivity contribution in [2.75, 3.05) is 0 Å². The molecule has 0 heterocycles. The van der Waals surface area contributed by atoms with Gasteiger partial charge in [-0.1, -0.05) is 36.4 Å². The van der Waals surface area contributed by atoms with Crippen LogP contribution in [0, 0.1) is 0 Å². The first-order chi connectivity index (χ1) is 7.16. The van der Waals surface area contributed by atoms with Crippen LogP contribution < -0.4 is 0 Å². The van der Waals surface area contributed by atoms with Crippen LogP contribution in [0.15, 0.2) is 54.6 Å². The van der Waals surface area contributed by atoms with Gasteiger partial charge in [0.15, 0.2) is 0 Å². The molecule has 0 aromatic heterocycles. The van der Waals surface area contributed by atoms with Crippen molar-refractivity contribution in [2.24, 2.45) is 0 Å². The van der Waals surface area contributed by atoms with Gasteiger partial charge in [0.05, 0.1) is 0 Å². The lowest BCUT2D eigenvalue weighted by molar-refractivity contribution is -0.131. The summed E-state index contributed by atoms with van der Waals surface area (Å²) < 4.78 is 0. The van der Waals surface area contributed by atoms with Crippen LogP contribution in [0.4, 0.5) is 0 Å². The zero-order valence-electron chi connectivity index (χ0n) is 8.50.